The van der Waals surface area contributed by atoms with Crippen LogP contribution in [0.15, 0.2) is 24.7 Å². The average Bonchev–Trinajstić information content (AvgIpc) is 3.32. The van der Waals surface area contributed by atoms with E-state index in [-0.39, 0.29) is 29.9 Å². The molecule has 2 aromatic rings. The minimum Gasteiger partial charge on any atom is -0.347 e. The summed E-state index contributed by atoms with van der Waals surface area (Å²) in [5.41, 5.74) is -0.439. The van der Waals surface area contributed by atoms with E-state index in [9.17, 15) is 18.0 Å². The molecule has 2 saturated carbocycles. The Labute approximate surface area is 158 Å². The van der Waals surface area contributed by atoms with Crippen molar-refractivity contribution in [3.8, 4) is 0 Å². The molecule has 6 rings (SSSR count). The summed E-state index contributed by atoms with van der Waals surface area (Å²) < 4.78 is 40.6. The minimum absolute atomic E-state index is 0.0666. The molecular weight excluding hydrogens is 373 g/mol. The van der Waals surface area contributed by atoms with Gasteiger partial charge in [0.05, 0.1) is 29.9 Å². The Kier molecular flexibility index (Phi) is 3.85. The Bertz CT molecular complexity index is 909. The first-order valence-electron chi connectivity index (χ1n) is 9.42. The lowest BCUT2D eigenvalue weighted by atomic mass is 9.80. The van der Waals surface area contributed by atoms with Gasteiger partial charge in [0, 0.05) is 24.9 Å². The lowest BCUT2D eigenvalue weighted by Crippen LogP contribution is -2.54. The van der Waals surface area contributed by atoms with Gasteiger partial charge in [-0.15, -0.1) is 0 Å². The van der Waals surface area contributed by atoms with Crippen LogP contribution in [0.4, 0.5) is 19.1 Å². The summed E-state index contributed by atoms with van der Waals surface area (Å²) in [6, 6.07) is 1.05. The van der Waals surface area contributed by atoms with Crippen molar-refractivity contribution in [3.63, 3.8) is 0 Å². The van der Waals surface area contributed by atoms with E-state index in [1.807, 2.05) is 4.68 Å². The zero-order valence-electron chi connectivity index (χ0n) is 14.9. The van der Waals surface area contributed by atoms with Gasteiger partial charge in [-0.1, -0.05) is 0 Å². The number of hydrogen-bond acceptors (Lipinski definition) is 5. The molecular formula is C18H19F3N6O. The van der Waals surface area contributed by atoms with E-state index >= 15 is 0 Å². The number of halogens is 3. The second kappa shape index (κ2) is 6.18. The number of amides is 1. The molecule has 10 heteroatoms. The van der Waals surface area contributed by atoms with Crippen molar-refractivity contribution in [1.82, 2.24) is 25.1 Å². The third-order valence-corrected chi connectivity index (χ3v) is 6.10. The maximum atomic E-state index is 12.9. The van der Waals surface area contributed by atoms with Gasteiger partial charge in [-0.3, -0.25) is 9.48 Å². The van der Waals surface area contributed by atoms with Gasteiger partial charge in [-0.05, 0) is 31.7 Å². The van der Waals surface area contributed by atoms with Gasteiger partial charge in [-0.25, -0.2) is 9.97 Å². The predicted molar refractivity (Wildman–Crippen MR) is 92.6 cm³/mol. The van der Waals surface area contributed by atoms with Crippen LogP contribution in [0, 0.1) is 5.92 Å². The van der Waals surface area contributed by atoms with Crippen molar-refractivity contribution < 1.29 is 18.0 Å². The van der Waals surface area contributed by atoms with E-state index in [1.165, 1.54) is 6.42 Å². The molecule has 1 N–H and O–H groups in total. The second-order valence-corrected chi connectivity index (χ2v) is 7.75. The average molecular weight is 392 g/mol. The Morgan fingerprint density at radius 1 is 1.29 bits per heavy atom. The summed E-state index contributed by atoms with van der Waals surface area (Å²) in [5, 5.41) is 7.29. The smallest absolute Gasteiger partial charge is 0.347 e. The lowest BCUT2D eigenvalue weighted by Gasteiger charge is -2.36. The van der Waals surface area contributed by atoms with E-state index in [0.717, 1.165) is 31.5 Å². The summed E-state index contributed by atoms with van der Waals surface area (Å²) in [6.07, 6.45) is 4.13. The molecule has 0 aromatic carbocycles. The van der Waals surface area contributed by atoms with Gasteiger partial charge in [0.25, 0.3) is 5.91 Å². The summed E-state index contributed by atoms with van der Waals surface area (Å²) in [7, 11) is 0. The van der Waals surface area contributed by atoms with Gasteiger partial charge < -0.3 is 10.2 Å². The molecule has 148 valence electrons. The Morgan fingerprint density at radius 3 is 2.82 bits per heavy atom. The van der Waals surface area contributed by atoms with Gasteiger partial charge in [0.1, 0.15) is 5.69 Å². The molecule has 28 heavy (non-hydrogen) atoms. The molecule has 2 saturated heterocycles. The first-order valence-corrected chi connectivity index (χ1v) is 9.42. The van der Waals surface area contributed by atoms with E-state index in [2.05, 4.69) is 20.4 Å². The zero-order chi connectivity index (χ0) is 19.5. The van der Waals surface area contributed by atoms with Gasteiger partial charge >= 0.3 is 6.18 Å². The molecule has 2 aromatic heterocycles. The number of alkyl halides is 3. The monoisotopic (exact) mass is 392 g/mol. The number of carbonyl (C=O) groups excluding carboxylic acids is 1. The normalized spacial score (nSPS) is 26.7. The largest absolute Gasteiger partial charge is 0.433 e. The quantitative estimate of drug-likeness (QED) is 0.865. The number of aromatic nitrogens is 4. The standard InChI is InChI=1S/C18H19F3N6O/c19-18(20,21)14-4-5-22-17(24-14)26-8-10-6-13(26)15(10)25-16(28)11-7-23-27(9-11)12-2-1-3-12/h4-5,7,9-10,12-13,15H,1-3,6,8H2,(H,25,28). The van der Waals surface area contributed by atoms with E-state index in [1.54, 1.807) is 17.3 Å². The molecule has 0 spiro atoms. The van der Waals surface area contributed by atoms with Crippen LogP contribution in [0.25, 0.3) is 0 Å². The minimum atomic E-state index is -4.51. The van der Waals surface area contributed by atoms with Crippen molar-refractivity contribution in [3.05, 3.63) is 35.9 Å². The Morgan fingerprint density at radius 2 is 2.11 bits per heavy atom. The highest BCUT2D eigenvalue weighted by Crippen LogP contribution is 2.43. The SMILES string of the molecule is O=C(NC1C2CC1N(c1nccc(C(F)(F)F)n1)C2)c1cnn(C2CCC2)c1. The molecule has 4 aliphatic rings. The molecule has 1 amide bonds. The summed E-state index contributed by atoms with van der Waals surface area (Å²) in [4.78, 5) is 22.0. The van der Waals surface area contributed by atoms with Crippen LogP contribution in [0.5, 0.6) is 0 Å². The molecule has 4 fully saturated rings. The van der Waals surface area contributed by atoms with E-state index in [4.69, 9.17) is 0 Å². The number of hydrogen-bond donors (Lipinski definition) is 1. The van der Waals surface area contributed by atoms with E-state index < -0.39 is 11.9 Å². The highest BCUT2D eigenvalue weighted by molar-refractivity contribution is 5.94. The number of nitrogens with one attached hydrogen (secondary N) is 1. The molecule has 2 aliphatic carbocycles. The maximum Gasteiger partial charge on any atom is 0.433 e. The van der Waals surface area contributed by atoms with Crippen molar-refractivity contribution in [2.24, 2.45) is 5.92 Å². The second-order valence-electron chi connectivity index (χ2n) is 7.75. The zero-order valence-corrected chi connectivity index (χ0v) is 14.9. The molecule has 2 bridgehead atoms. The fraction of sp³-hybridized carbons (Fsp3) is 0.556. The number of carbonyl (C=O) groups is 1. The predicted octanol–water partition coefficient (Wildman–Crippen LogP) is 2.42. The van der Waals surface area contributed by atoms with Crippen LogP contribution < -0.4 is 10.2 Å². The first-order chi connectivity index (χ1) is 13.4. The van der Waals surface area contributed by atoms with Crippen molar-refractivity contribution in [2.45, 2.75) is 50.0 Å². The Balaban J connectivity index is 1.27. The fourth-order valence-electron chi connectivity index (χ4n) is 4.25. The first kappa shape index (κ1) is 17.4. The maximum absolute atomic E-state index is 12.9. The van der Waals surface area contributed by atoms with Crippen LogP contribution in [0.1, 0.15) is 47.8 Å². The highest BCUT2D eigenvalue weighted by atomic mass is 19.4. The topological polar surface area (TPSA) is 75.9 Å². The molecule has 4 heterocycles. The number of anilines is 1. The van der Waals surface area contributed by atoms with Crippen LogP contribution >= 0.6 is 0 Å². The molecule has 2 aliphatic heterocycles. The molecule has 0 radical (unpaired) electrons. The summed E-state index contributed by atoms with van der Waals surface area (Å²) >= 11 is 0. The number of fused-ring (bicyclic) bond motifs is 1. The van der Waals surface area contributed by atoms with Crippen LogP contribution in [-0.2, 0) is 6.18 Å². The van der Waals surface area contributed by atoms with Crippen LogP contribution in [0.2, 0.25) is 0 Å². The van der Waals surface area contributed by atoms with Crippen LogP contribution in [-0.4, -0.2) is 44.3 Å². The Hall–Kier alpha value is -2.65. The number of nitrogens with zero attached hydrogens (tertiary/aromatic N) is 5. The van der Waals surface area contributed by atoms with Gasteiger partial charge in [-0.2, -0.15) is 18.3 Å². The third-order valence-electron chi connectivity index (χ3n) is 6.10. The van der Waals surface area contributed by atoms with Gasteiger partial charge in [0.2, 0.25) is 5.95 Å². The molecule has 3 atom stereocenters. The van der Waals surface area contributed by atoms with Crippen LogP contribution in [0.3, 0.4) is 0 Å². The van der Waals surface area contributed by atoms with Gasteiger partial charge in [0.15, 0.2) is 0 Å². The molecule has 7 nitrogen and oxygen atoms in total. The summed E-state index contributed by atoms with van der Waals surface area (Å²) in [5.74, 6) is 0.0581. The highest BCUT2D eigenvalue weighted by Gasteiger charge is 2.53. The lowest BCUT2D eigenvalue weighted by molar-refractivity contribution is -0.141. The number of rotatable bonds is 4. The van der Waals surface area contributed by atoms with Crippen molar-refractivity contribution in [1.29, 1.82) is 0 Å². The van der Waals surface area contributed by atoms with Crippen molar-refractivity contribution in [2.75, 3.05) is 11.4 Å². The van der Waals surface area contributed by atoms with E-state index in [0.29, 0.717) is 18.2 Å². The fourth-order valence-corrected chi connectivity index (χ4v) is 4.25. The summed E-state index contributed by atoms with van der Waals surface area (Å²) in [6.45, 7) is 0.540. The molecule has 3 unspecified atom stereocenters. The van der Waals surface area contributed by atoms with Crippen molar-refractivity contribution >= 4 is 11.9 Å². The third kappa shape index (κ3) is 2.82.